The van der Waals surface area contributed by atoms with Gasteiger partial charge >= 0.3 is 6.18 Å². The van der Waals surface area contributed by atoms with Crippen LogP contribution >= 0.6 is 0 Å². The lowest BCUT2D eigenvalue weighted by Crippen LogP contribution is -2.47. The Labute approximate surface area is 207 Å². The van der Waals surface area contributed by atoms with Crippen molar-refractivity contribution >= 4 is 11.9 Å². The molecule has 37 heavy (non-hydrogen) atoms. The van der Waals surface area contributed by atoms with Crippen LogP contribution in [0.3, 0.4) is 0 Å². The zero-order chi connectivity index (χ0) is 26.4. The minimum absolute atomic E-state index is 0.00513. The molecule has 7 nitrogen and oxygen atoms in total. The number of halogens is 6. The Morgan fingerprint density at radius 2 is 1.95 bits per heavy atom. The van der Waals surface area contributed by atoms with E-state index in [-0.39, 0.29) is 53.0 Å². The van der Waals surface area contributed by atoms with Gasteiger partial charge in [0.05, 0.1) is 0 Å². The number of aromatic nitrogens is 3. The van der Waals surface area contributed by atoms with Gasteiger partial charge in [0.2, 0.25) is 11.9 Å². The molecular formula is C24H24F6N6O. The summed E-state index contributed by atoms with van der Waals surface area (Å²) in [5.41, 5.74) is 5.76. The normalized spacial score (nSPS) is 32.4. The third-order valence-corrected chi connectivity index (χ3v) is 8.46. The summed E-state index contributed by atoms with van der Waals surface area (Å²) >= 11 is 0. The Balaban J connectivity index is 1.28. The smallest absolute Gasteiger partial charge is 0.402 e. The molecule has 4 aliphatic rings. The zero-order valence-electron chi connectivity index (χ0n) is 19.7. The number of rotatable bonds is 4. The number of nitrogens with two attached hydrogens (primary N) is 1. The van der Waals surface area contributed by atoms with E-state index in [4.69, 9.17) is 5.73 Å². The number of carbonyl (C=O) groups excluding carboxylic acids is 1. The van der Waals surface area contributed by atoms with Gasteiger partial charge in [-0.1, -0.05) is 6.07 Å². The number of nitrogens with zero attached hydrogens (tertiary/aromatic N) is 4. The fourth-order valence-electron chi connectivity index (χ4n) is 6.68. The highest BCUT2D eigenvalue weighted by Gasteiger charge is 2.77. The fraction of sp³-hybridized carbons (Fsp3) is 0.542. The van der Waals surface area contributed by atoms with Crippen LogP contribution in [0.1, 0.15) is 49.5 Å². The van der Waals surface area contributed by atoms with E-state index in [2.05, 4.69) is 15.4 Å². The molecule has 6 atom stereocenters. The highest BCUT2D eigenvalue weighted by Crippen LogP contribution is 2.74. The predicted molar refractivity (Wildman–Crippen MR) is 118 cm³/mol. The van der Waals surface area contributed by atoms with Crippen molar-refractivity contribution in [3.05, 3.63) is 52.7 Å². The second-order valence-corrected chi connectivity index (χ2v) is 10.6. The topological polar surface area (TPSA) is 89.1 Å². The number of hydrogen-bond donors (Lipinski definition) is 2. The summed E-state index contributed by atoms with van der Waals surface area (Å²) in [6, 6.07) is -0.320. The number of benzene rings is 1. The SMILES string of the molecule is CC(N)=CC(=O)N1C[C@H]2[C@H](Nc3nc4n(n3)C(C(F)(F)F)CCC4c3ccc(F)c(F)c3F)[C@@H]3CC23C1. The highest BCUT2D eigenvalue weighted by molar-refractivity contribution is 5.88. The molecule has 2 saturated carbocycles. The maximum atomic E-state index is 14.6. The van der Waals surface area contributed by atoms with Crippen molar-refractivity contribution in [1.82, 2.24) is 19.7 Å². The van der Waals surface area contributed by atoms with E-state index in [1.807, 2.05) is 0 Å². The van der Waals surface area contributed by atoms with Gasteiger partial charge in [-0.3, -0.25) is 4.79 Å². The minimum atomic E-state index is -4.62. The maximum absolute atomic E-state index is 14.6. The molecule has 3 unspecified atom stereocenters. The standard InChI is InChI=1S/C24H24F6N6O/c1-10(31)6-17(37)35-8-14-20(13-7-23(13,14)9-35)32-22-33-21-12(11-2-4-15(25)19(27)18(11)26)3-5-16(24(28,29)30)36(21)34-22/h2,4,6,12-14,16,20H,3,5,7-9,31H2,1H3,(H,32,34)/t12?,13-,14-,16?,20+,23?/m0/s1. The second kappa shape index (κ2) is 7.87. The lowest BCUT2D eigenvalue weighted by molar-refractivity contribution is -0.175. The number of fused-ring (bicyclic) bond motifs is 1. The van der Waals surface area contributed by atoms with Gasteiger partial charge in [0.1, 0.15) is 11.9 Å². The Kier molecular flexibility index (Phi) is 5.13. The number of allylic oxidation sites excluding steroid dienone is 1. The number of nitrogens with one attached hydrogen (secondary N) is 1. The highest BCUT2D eigenvalue weighted by atomic mass is 19.4. The van der Waals surface area contributed by atoms with Crippen LogP contribution in [0, 0.1) is 34.7 Å². The second-order valence-electron chi connectivity index (χ2n) is 10.6. The quantitative estimate of drug-likeness (QED) is 0.359. The monoisotopic (exact) mass is 526 g/mol. The number of amides is 1. The first-order valence-electron chi connectivity index (χ1n) is 12.1. The fourth-order valence-corrected chi connectivity index (χ4v) is 6.68. The van der Waals surface area contributed by atoms with Crippen LogP contribution in [0.2, 0.25) is 0 Å². The van der Waals surface area contributed by atoms with Crippen LogP contribution in [-0.4, -0.2) is 50.9 Å². The van der Waals surface area contributed by atoms with Gasteiger partial charge in [0.25, 0.3) is 0 Å². The maximum Gasteiger partial charge on any atom is 0.410 e. The number of alkyl halides is 3. The predicted octanol–water partition coefficient (Wildman–Crippen LogP) is 3.85. The summed E-state index contributed by atoms with van der Waals surface area (Å²) in [6.07, 6.45) is -2.94. The van der Waals surface area contributed by atoms with Crippen LogP contribution in [-0.2, 0) is 4.79 Å². The van der Waals surface area contributed by atoms with Gasteiger partial charge in [-0.15, -0.1) is 5.10 Å². The van der Waals surface area contributed by atoms with Crippen molar-refractivity contribution in [1.29, 1.82) is 0 Å². The molecule has 1 aromatic carbocycles. The summed E-state index contributed by atoms with van der Waals surface area (Å²) in [6.45, 7) is 2.72. The molecular weight excluding hydrogens is 502 g/mol. The van der Waals surface area contributed by atoms with Crippen molar-refractivity contribution < 1.29 is 31.1 Å². The molecule has 0 bridgehead atoms. The Morgan fingerprint density at radius 3 is 2.65 bits per heavy atom. The number of carbonyl (C=O) groups is 1. The van der Waals surface area contributed by atoms with Crippen LogP contribution in [0.15, 0.2) is 23.9 Å². The zero-order valence-corrected chi connectivity index (χ0v) is 19.7. The lowest BCUT2D eigenvalue weighted by atomic mass is 9.71. The van der Waals surface area contributed by atoms with Gasteiger partial charge in [0.15, 0.2) is 17.5 Å². The molecule has 6 rings (SSSR count). The van der Waals surface area contributed by atoms with Crippen LogP contribution in [0.25, 0.3) is 0 Å². The van der Waals surface area contributed by atoms with E-state index in [1.165, 1.54) is 6.08 Å². The average molecular weight is 526 g/mol. The molecule has 13 heteroatoms. The molecule has 1 spiro atoms. The third kappa shape index (κ3) is 3.60. The van der Waals surface area contributed by atoms with Crippen molar-refractivity contribution in [2.45, 2.75) is 50.4 Å². The lowest BCUT2D eigenvalue weighted by Gasteiger charge is -2.38. The first kappa shape index (κ1) is 24.1. The van der Waals surface area contributed by atoms with Crippen molar-refractivity contribution in [2.24, 2.45) is 23.0 Å². The summed E-state index contributed by atoms with van der Waals surface area (Å²) in [4.78, 5) is 18.5. The molecule has 2 aliphatic carbocycles. The summed E-state index contributed by atoms with van der Waals surface area (Å²) in [7, 11) is 0. The molecule has 198 valence electrons. The van der Waals surface area contributed by atoms with Crippen LogP contribution in [0.5, 0.6) is 0 Å². The van der Waals surface area contributed by atoms with Crippen molar-refractivity contribution in [3.63, 3.8) is 0 Å². The van der Waals surface area contributed by atoms with Crippen molar-refractivity contribution in [3.8, 4) is 0 Å². The first-order valence-corrected chi connectivity index (χ1v) is 12.1. The summed E-state index contributed by atoms with van der Waals surface area (Å²) < 4.78 is 84.1. The number of hydrogen-bond acceptors (Lipinski definition) is 5. The van der Waals surface area contributed by atoms with Gasteiger partial charge < -0.3 is 16.0 Å². The largest absolute Gasteiger partial charge is 0.410 e. The van der Waals surface area contributed by atoms with E-state index in [0.717, 1.165) is 23.2 Å². The molecule has 1 amide bonds. The Morgan fingerprint density at radius 1 is 1.19 bits per heavy atom. The molecule has 2 aliphatic heterocycles. The molecule has 0 radical (unpaired) electrons. The minimum Gasteiger partial charge on any atom is -0.402 e. The molecule has 2 aromatic rings. The first-order chi connectivity index (χ1) is 17.4. The van der Waals surface area contributed by atoms with Gasteiger partial charge in [-0.2, -0.15) is 18.2 Å². The third-order valence-electron chi connectivity index (χ3n) is 8.46. The van der Waals surface area contributed by atoms with Crippen LogP contribution in [0.4, 0.5) is 32.3 Å². The molecule has 1 aromatic heterocycles. The van der Waals surface area contributed by atoms with Gasteiger partial charge in [-0.25, -0.2) is 17.9 Å². The van der Waals surface area contributed by atoms with E-state index >= 15 is 0 Å². The average Bonchev–Trinajstić information content (AvgIpc) is 3.08. The Bertz CT molecular complexity index is 1320. The van der Waals surface area contributed by atoms with Gasteiger partial charge in [-0.05, 0) is 43.6 Å². The molecule has 3 fully saturated rings. The van der Waals surface area contributed by atoms with E-state index in [1.54, 1.807) is 11.8 Å². The molecule has 1 saturated heterocycles. The molecule has 3 heterocycles. The number of likely N-dealkylation sites (tertiary alicyclic amines) is 1. The van der Waals surface area contributed by atoms with E-state index in [0.29, 0.717) is 18.8 Å². The van der Waals surface area contributed by atoms with E-state index in [9.17, 15) is 31.1 Å². The Hall–Kier alpha value is -3.25. The summed E-state index contributed by atoms with van der Waals surface area (Å²) in [5.74, 6) is -5.58. The molecule has 3 N–H and O–H groups in total. The van der Waals surface area contributed by atoms with Crippen LogP contribution < -0.4 is 11.1 Å². The summed E-state index contributed by atoms with van der Waals surface area (Å²) in [5, 5.41) is 7.26. The van der Waals surface area contributed by atoms with Gasteiger partial charge in [0, 0.05) is 48.3 Å². The van der Waals surface area contributed by atoms with E-state index < -0.39 is 42.0 Å². The van der Waals surface area contributed by atoms with Crippen molar-refractivity contribution in [2.75, 3.05) is 18.4 Å². The number of anilines is 1.